The van der Waals surface area contributed by atoms with Gasteiger partial charge in [-0.15, -0.1) is 0 Å². The molecule has 3 atom stereocenters. The van der Waals surface area contributed by atoms with E-state index in [1.54, 1.807) is 0 Å². The van der Waals surface area contributed by atoms with Crippen LogP contribution in [0.4, 0.5) is 5.69 Å². The van der Waals surface area contributed by atoms with Crippen LogP contribution in [0.5, 0.6) is 0 Å². The molecule has 2 aliphatic carbocycles. The van der Waals surface area contributed by atoms with E-state index in [0.717, 1.165) is 18.2 Å². The Bertz CT molecular complexity index is 891. The van der Waals surface area contributed by atoms with Crippen molar-refractivity contribution in [1.29, 1.82) is 0 Å². The predicted molar refractivity (Wildman–Crippen MR) is 112 cm³/mol. The minimum Gasteiger partial charge on any atom is -0.385 e. The molecule has 0 saturated heterocycles. The zero-order valence-corrected chi connectivity index (χ0v) is 15.9. The maximum atomic E-state index is 6.03. The van der Waals surface area contributed by atoms with Gasteiger partial charge in [0, 0.05) is 18.8 Å². The molecule has 0 radical (unpaired) electrons. The first-order chi connectivity index (χ1) is 12.6. The molecule has 0 amide bonds. The number of anilines is 1. The Morgan fingerprint density at radius 3 is 2.65 bits per heavy atom. The molecule has 0 aromatic heterocycles. The number of hydrogen-bond donors (Lipinski definition) is 2. The van der Waals surface area contributed by atoms with E-state index in [1.807, 2.05) is 0 Å². The van der Waals surface area contributed by atoms with Crippen molar-refractivity contribution >= 4 is 16.8 Å². The summed E-state index contributed by atoms with van der Waals surface area (Å²) in [7, 11) is 0. The van der Waals surface area contributed by atoms with E-state index in [0.29, 0.717) is 18.4 Å². The lowest BCUT2D eigenvalue weighted by Crippen LogP contribution is -2.06. The molecule has 2 aromatic carbocycles. The third kappa shape index (κ3) is 2.89. The number of benzene rings is 2. The highest BCUT2D eigenvalue weighted by Crippen LogP contribution is 2.59. The van der Waals surface area contributed by atoms with E-state index in [-0.39, 0.29) is 0 Å². The van der Waals surface area contributed by atoms with Crippen LogP contribution in [-0.4, -0.2) is 6.54 Å². The maximum Gasteiger partial charge on any atom is 0.0386 e. The number of nitrogens with two attached hydrogens (primary N) is 1. The summed E-state index contributed by atoms with van der Waals surface area (Å²) in [5.74, 6) is 2.07. The molecule has 2 aromatic rings. The van der Waals surface area contributed by atoms with Gasteiger partial charge in [0.25, 0.3) is 0 Å². The van der Waals surface area contributed by atoms with Crippen molar-refractivity contribution in [2.24, 2.45) is 23.5 Å². The largest absolute Gasteiger partial charge is 0.385 e. The Labute approximate surface area is 156 Å². The van der Waals surface area contributed by atoms with Crippen LogP contribution in [0.25, 0.3) is 11.1 Å². The molecule has 2 aliphatic rings. The monoisotopic (exact) mass is 344 g/mol. The Balaban J connectivity index is 1.85. The number of rotatable bonds is 5. The number of fused-ring (bicyclic) bond motifs is 1. The molecule has 2 nitrogen and oxygen atoms in total. The minimum absolute atomic E-state index is 0.551. The molecule has 4 rings (SSSR count). The van der Waals surface area contributed by atoms with Crippen LogP contribution in [-0.2, 0) is 6.54 Å². The fourth-order valence-electron chi connectivity index (χ4n) is 4.43. The summed E-state index contributed by atoms with van der Waals surface area (Å²) in [6.07, 6.45) is 4.75. The second-order valence-corrected chi connectivity index (χ2v) is 7.62. The molecule has 0 heterocycles. The van der Waals surface area contributed by atoms with E-state index >= 15 is 0 Å². The lowest BCUT2D eigenvalue weighted by molar-refractivity contribution is 0.889. The lowest BCUT2D eigenvalue weighted by atomic mass is 9.86. The van der Waals surface area contributed by atoms with Gasteiger partial charge in [-0.1, -0.05) is 55.0 Å². The zero-order valence-electron chi connectivity index (χ0n) is 15.9. The molecule has 26 heavy (non-hydrogen) atoms. The molecular formula is C24H28N2. The summed E-state index contributed by atoms with van der Waals surface area (Å²) in [5, 5.41) is 3.42. The second-order valence-electron chi connectivity index (χ2n) is 7.62. The third-order valence-electron chi connectivity index (χ3n) is 5.89. The highest BCUT2D eigenvalue weighted by molar-refractivity contribution is 5.99. The van der Waals surface area contributed by atoms with E-state index < -0.39 is 0 Å². The third-order valence-corrected chi connectivity index (χ3v) is 5.89. The Hall–Kier alpha value is -2.32. The first kappa shape index (κ1) is 17.1. The Morgan fingerprint density at radius 1 is 1.08 bits per heavy atom. The summed E-state index contributed by atoms with van der Waals surface area (Å²) in [5.41, 5.74) is 15.2. The van der Waals surface area contributed by atoms with Crippen molar-refractivity contribution in [3.8, 4) is 0 Å². The summed E-state index contributed by atoms with van der Waals surface area (Å²) < 4.78 is 0. The molecule has 3 N–H and O–H groups in total. The first-order valence-corrected chi connectivity index (χ1v) is 9.70. The molecule has 0 bridgehead atoms. The van der Waals surface area contributed by atoms with E-state index in [4.69, 9.17) is 5.73 Å². The number of allylic oxidation sites excluding steroid dienone is 4. The standard InChI is InChI=1S/C24H28N2/c1-4-26-22-11-8-17(13-19(22)14-25)21-10-9-20-16(3)23(20)24(21)18-7-5-6-15(2)12-18/h5-13,16,20,23,26H,4,14,25H2,1-3H3. The fourth-order valence-corrected chi connectivity index (χ4v) is 4.43. The first-order valence-electron chi connectivity index (χ1n) is 9.70. The molecule has 2 heteroatoms. The molecule has 1 fully saturated rings. The SMILES string of the molecule is CCNc1ccc(C2=C(c3cccc(C)c3)C3C(C)C3C=C2)cc1CN. The van der Waals surface area contributed by atoms with Gasteiger partial charge in [-0.2, -0.15) is 0 Å². The molecule has 0 spiro atoms. The van der Waals surface area contributed by atoms with Gasteiger partial charge >= 0.3 is 0 Å². The fraction of sp³-hybridized carbons (Fsp3) is 0.333. The Kier molecular flexibility index (Phi) is 4.46. The van der Waals surface area contributed by atoms with Crippen LogP contribution in [0, 0.1) is 24.7 Å². The van der Waals surface area contributed by atoms with Crippen molar-refractivity contribution in [2.45, 2.75) is 27.3 Å². The quantitative estimate of drug-likeness (QED) is 0.777. The van der Waals surface area contributed by atoms with Gasteiger partial charge in [-0.25, -0.2) is 0 Å². The summed E-state index contributed by atoms with van der Waals surface area (Å²) in [6.45, 7) is 8.12. The average Bonchev–Trinajstić information content (AvgIpc) is 3.32. The highest BCUT2D eigenvalue weighted by atomic mass is 14.9. The molecule has 3 unspecified atom stereocenters. The van der Waals surface area contributed by atoms with Gasteiger partial charge < -0.3 is 11.1 Å². The minimum atomic E-state index is 0.551. The van der Waals surface area contributed by atoms with E-state index in [9.17, 15) is 0 Å². The van der Waals surface area contributed by atoms with Crippen molar-refractivity contribution in [3.63, 3.8) is 0 Å². The summed E-state index contributed by atoms with van der Waals surface area (Å²) >= 11 is 0. The van der Waals surface area contributed by atoms with Gasteiger partial charge in [0.2, 0.25) is 0 Å². The van der Waals surface area contributed by atoms with Crippen LogP contribution < -0.4 is 11.1 Å². The van der Waals surface area contributed by atoms with E-state index in [2.05, 4.69) is 80.7 Å². The molecule has 1 saturated carbocycles. The average molecular weight is 345 g/mol. The number of aryl methyl sites for hydroxylation is 1. The number of nitrogens with one attached hydrogen (secondary N) is 1. The lowest BCUT2D eigenvalue weighted by Gasteiger charge is -2.19. The second kappa shape index (κ2) is 6.77. The molecular weight excluding hydrogens is 316 g/mol. The van der Waals surface area contributed by atoms with Crippen molar-refractivity contribution in [2.75, 3.05) is 11.9 Å². The van der Waals surface area contributed by atoms with Gasteiger partial charge in [0.05, 0.1) is 0 Å². The summed E-state index contributed by atoms with van der Waals surface area (Å²) in [6, 6.07) is 15.6. The van der Waals surface area contributed by atoms with Crippen LogP contribution in [0.2, 0.25) is 0 Å². The Morgan fingerprint density at radius 2 is 1.92 bits per heavy atom. The van der Waals surface area contributed by atoms with Crippen LogP contribution in [0.3, 0.4) is 0 Å². The normalized spacial score (nSPS) is 23.8. The van der Waals surface area contributed by atoms with Gasteiger partial charge in [0.1, 0.15) is 0 Å². The van der Waals surface area contributed by atoms with Gasteiger partial charge in [-0.05, 0) is 71.6 Å². The van der Waals surface area contributed by atoms with Crippen molar-refractivity contribution in [3.05, 3.63) is 76.9 Å². The van der Waals surface area contributed by atoms with E-state index in [1.165, 1.54) is 33.4 Å². The predicted octanol–water partition coefficient (Wildman–Crippen LogP) is 5.25. The molecule has 0 aliphatic heterocycles. The molecule has 134 valence electrons. The van der Waals surface area contributed by atoms with Gasteiger partial charge in [0.15, 0.2) is 0 Å². The summed E-state index contributed by atoms with van der Waals surface area (Å²) in [4.78, 5) is 0. The van der Waals surface area contributed by atoms with Crippen molar-refractivity contribution < 1.29 is 0 Å². The maximum absolute atomic E-state index is 6.03. The highest BCUT2D eigenvalue weighted by Gasteiger charge is 2.49. The van der Waals surface area contributed by atoms with Crippen LogP contribution >= 0.6 is 0 Å². The van der Waals surface area contributed by atoms with Crippen LogP contribution in [0.1, 0.15) is 36.1 Å². The van der Waals surface area contributed by atoms with Crippen molar-refractivity contribution in [1.82, 2.24) is 0 Å². The topological polar surface area (TPSA) is 38.0 Å². The smallest absolute Gasteiger partial charge is 0.0386 e. The number of hydrogen-bond acceptors (Lipinski definition) is 2. The van der Waals surface area contributed by atoms with Gasteiger partial charge in [-0.3, -0.25) is 0 Å². The zero-order chi connectivity index (χ0) is 18.3. The van der Waals surface area contributed by atoms with Crippen LogP contribution in [0.15, 0.2) is 54.6 Å².